The summed E-state index contributed by atoms with van der Waals surface area (Å²) in [6, 6.07) is 5.85. The first-order valence-electron chi connectivity index (χ1n) is 5.20. The minimum atomic E-state index is -1.17. The van der Waals surface area contributed by atoms with Crippen molar-refractivity contribution >= 4 is 11.9 Å². The Kier molecular flexibility index (Phi) is 4.66. The average Bonchev–Trinajstić information content (AvgIpc) is 2.29. The molecular formula is C12H14O5. The summed E-state index contributed by atoms with van der Waals surface area (Å²) in [6.07, 6.45) is -0.129. The van der Waals surface area contributed by atoms with Crippen LogP contribution in [-0.2, 0) is 4.74 Å². The first-order valence-corrected chi connectivity index (χ1v) is 5.20. The van der Waals surface area contributed by atoms with Gasteiger partial charge in [0, 0.05) is 13.0 Å². The molecule has 0 spiro atoms. The molecule has 0 aliphatic carbocycles. The minimum Gasteiger partial charge on any atom is -0.478 e. The number of ether oxygens (including phenoxy) is 1. The van der Waals surface area contributed by atoms with Crippen molar-refractivity contribution in [3.05, 3.63) is 35.4 Å². The second kappa shape index (κ2) is 6.00. The molecule has 2 N–H and O–H groups in total. The molecule has 1 aromatic carbocycles. The molecule has 0 saturated carbocycles. The van der Waals surface area contributed by atoms with Gasteiger partial charge in [-0.3, -0.25) is 0 Å². The fourth-order valence-electron chi connectivity index (χ4n) is 1.33. The van der Waals surface area contributed by atoms with E-state index in [2.05, 4.69) is 0 Å². The smallest absolute Gasteiger partial charge is 0.339 e. The molecule has 92 valence electrons. The average molecular weight is 238 g/mol. The second-order valence-electron chi connectivity index (χ2n) is 3.58. The van der Waals surface area contributed by atoms with Crippen molar-refractivity contribution in [2.45, 2.75) is 19.4 Å². The predicted octanol–water partition coefficient (Wildman–Crippen LogP) is 1.31. The van der Waals surface area contributed by atoms with Crippen LogP contribution in [0, 0.1) is 0 Å². The molecule has 1 unspecified atom stereocenters. The van der Waals surface area contributed by atoms with Gasteiger partial charge >= 0.3 is 11.9 Å². The van der Waals surface area contributed by atoms with Crippen LogP contribution >= 0.6 is 0 Å². The molecule has 0 radical (unpaired) electrons. The van der Waals surface area contributed by atoms with Crippen LogP contribution in [-0.4, -0.2) is 34.9 Å². The van der Waals surface area contributed by atoms with Crippen LogP contribution in [0.4, 0.5) is 0 Å². The van der Waals surface area contributed by atoms with Gasteiger partial charge in [-0.15, -0.1) is 0 Å². The molecule has 0 aromatic heterocycles. The number of hydrogen-bond acceptors (Lipinski definition) is 4. The summed E-state index contributed by atoms with van der Waals surface area (Å²) in [6.45, 7) is 1.55. The molecule has 17 heavy (non-hydrogen) atoms. The summed E-state index contributed by atoms with van der Waals surface area (Å²) in [4.78, 5) is 22.6. The Morgan fingerprint density at radius 1 is 1.29 bits per heavy atom. The van der Waals surface area contributed by atoms with Crippen molar-refractivity contribution in [1.29, 1.82) is 0 Å². The molecule has 0 amide bonds. The third-order valence-corrected chi connectivity index (χ3v) is 2.22. The number of aromatic carboxylic acids is 1. The summed E-state index contributed by atoms with van der Waals surface area (Å²) in [5.41, 5.74) is -0.0708. The fourth-order valence-corrected chi connectivity index (χ4v) is 1.33. The Morgan fingerprint density at radius 3 is 2.41 bits per heavy atom. The largest absolute Gasteiger partial charge is 0.478 e. The van der Waals surface area contributed by atoms with Crippen molar-refractivity contribution in [3.63, 3.8) is 0 Å². The molecule has 0 fully saturated rings. The summed E-state index contributed by atoms with van der Waals surface area (Å²) < 4.78 is 5.01. The van der Waals surface area contributed by atoms with Crippen molar-refractivity contribution in [2.75, 3.05) is 6.61 Å². The van der Waals surface area contributed by atoms with E-state index in [1.807, 2.05) is 0 Å². The number of benzene rings is 1. The third kappa shape index (κ3) is 3.57. The van der Waals surface area contributed by atoms with E-state index in [-0.39, 0.29) is 17.7 Å². The van der Waals surface area contributed by atoms with E-state index in [0.717, 1.165) is 0 Å². The number of aliphatic hydroxyl groups excluding tert-OH is 1. The maximum Gasteiger partial charge on any atom is 0.339 e. The number of carbonyl (C=O) groups is 2. The lowest BCUT2D eigenvalue weighted by Crippen LogP contribution is -2.18. The summed E-state index contributed by atoms with van der Waals surface area (Å²) >= 11 is 0. The molecule has 0 bridgehead atoms. The number of carboxylic acids is 1. The third-order valence-electron chi connectivity index (χ3n) is 2.22. The van der Waals surface area contributed by atoms with E-state index in [0.29, 0.717) is 6.42 Å². The topological polar surface area (TPSA) is 83.8 Å². The van der Waals surface area contributed by atoms with E-state index in [4.69, 9.17) is 14.9 Å². The molecule has 1 rings (SSSR count). The Morgan fingerprint density at radius 2 is 1.88 bits per heavy atom. The number of esters is 1. The molecule has 0 saturated heterocycles. The zero-order valence-corrected chi connectivity index (χ0v) is 9.42. The van der Waals surface area contributed by atoms with Crippen molar-refractivity contribution in [2.24, 2.45) is 0 Å². The van der Waals surface area contributed by atoms with Gasteiger partial charge in [0.05, 0.1) is 11.1 Å². The number of aliphatic hydroxyl groups is 1. The molecule has 0 heterocycles. The Balaban J connectivity index is 2.85. The van der Waals surface area contributed by atoms with Gasteiger partial charge in [0.2, 0.25) is 0 Å². The van der Waals surface area contributed by atoms with Crippen molar-refractivity contribution in [1.82, 2.24) is 0 Å². The maximum absolute atomic E-state index is 11.7. The van der Waals surface area contributed by atoms with Gasteiger partial charge in [-0.2, -0.15) is 0 Å². The molecule has 5 nitrogen and oxygen atoms in total. The van der Waals surface area contributed by atoms with Crippen LogP contribution in [0.2, 0.25) is 0 Å². The first-order chi connectivity index (χ1) is 8.06. The highest BCUT2D eigenvalue weighted by Gasteiger charge is 2.18. The second-order valence-corrected chi connectivity index (χ2v) is 3.58. The van der Waals surface area contributed by atoms with Gasteiger partial charge < -0.3 is 14.9 Å². The summed E-state index contributed by atoms with van der Waals surface area (Å²) in [5.74, 6) is -1.86. The van der Waals surface area contributed by atoms with Crippen LogP contribution in [0.5, 0.6) is 0 Å². The molecule has 0 aliphatic rings. The Hall–Kier alpha value is -1.88. The standard InChI is InChI=1S/C12H14O5/c1-8(6-7-13)17-12(16)10-5-3-2-4-9(10)11(14)15/h2-5,8,13H,6-7H2,1H3,(H,14,15). The highest BCUT2D eigenvalue weighted by molar-refractivity contribution is 6.02. The Labute approximate surface area is 98.6 Å². The molecule has 1 atom stereocenters. The van der Waals surface area contributed by atoms with Gasteiger partial charge in [0.15, 0.2) is 0 Å². The van der Waals surface area contributed by atoms with Gasteiger partial charge in [-0.05, 0) is 19.1 Å². The monoisotopic (exact) mass is 238 g/mol. The lowest BCUT2D eigenvalue weighted by Gasteiger charge is -2.12. The molecule has 5 heteroatoms. The van der Waals surface area contributed by atoms with Gasteiger partial charge in [-0.1, -0.05) is 12.1 Å². The van der Waals surface area contributed by atoms with Crippen LogP contribution < -0.4 is 0 Å². The van der Waals surface area contributed by atoms with Crippen LogP contribution in [0.25, 0.3) is 0 Å². The highest BCUT2D eigenvalue weighted by atomic mass is 16.5. The number of hydrogen-bond donors (Lipinski definition) is 2. The van der Waals surface area contributed by atoms with E-state index < -0.39 is 18.0 Å². The zero-order valence-electron chi connectivity index (χ0n) is 9.42. The van der Waals surface area contributed by atoms with E-state index in [1.165, 1.54) is 18.2 Å². The lowest BCUT2D eigenvalue weighted by atomic mass is 10.1. The van der Waals surface area contributed by atoms with E-state index in [1.54, 1.807) is 13.0 Å². The summed E-state index contributed by atoms with van der Waals surface area (Å²) in [5, 5.41) is 17.6. The van der Waals surface area contributed by atoms with Crippen molar-refractivity contribution in [3.8, 4) is 0 Å². The Bertz CT molecular complexity index is 413. The minimum absolute atomic E-state index is 0.0183. The van der Waals surface area contributed by atoms with Crippen LogP contribution in [0.3, 0.4) is 0 Å². The van der Waals surface area contributed by atoms with Gasteiger partial charge in [0.25, 0.3) is 0 Å². The molecule has 1 aromatic rings. The number of carbonyl (C=O) groups excluding carboxylic acids is 1. The van der Waals surface area contributed by atoms with E-state index in [9.17, 15) is 9.59 Å². The zero-order chi connectivity index (χ0) is 12.8. The lowest BCUT2D eigenvalue weighted by molar-refractivity contribution is 0.0284. The number of rotatable bonds is 5. The normalized spacial score (nSPS) is 11.9. The SMILES string of the molecule is CC(CCO)OC(=O)c1ccccc1C(=O)O. The quantitative estimate of drug-likeness (QED) is 0.755. The van der Waals surface area contributed by atoms with Gasteiger partial charge in [0.1, 0.15) is 6.10 Å². The number of carboxylic acid groups (broad SMARTS) is 1. The first kappa shape index (κ1) is 13.2. The fraction of sp³-hybridized carbons (Fsp3) is 0.333. The van der Waals surface area contributed by atoms with Crippen LogP contribution in [0.1, 0.15) is 34.1 Å². The summed E-state index contributed by atoms with van der Waals surface area (Å²) in [7, 11) is 0. The van der Waals surface area contributed by atoms with Crippen molar-refractivity contribution < 1.29 is 24.5 Å². The predicted molar refractivity (Wildman–Crippen MR) is 60.0 cm³/mol. The van der Waals surface area contributed by atoms with E-state index >= 15 is 0 Å². The molecular weight excluding hydrogens is 224 g/mol. The highest BCUT2D eigenvalue weighted by Crippen LogP contribution is 2.12. The maximum atomic E-state index is 11.7. The van der Waals surface area contributed by atoms with Gasteiger partial charge in [-0.25, -0.2) is 9.59 Å². The molecule has 0 aliphatic heterocycles. The van der Waals surface area contributed by atoms with Crippen LogP contribution in [0.15, 0.2) is 24.3 Å².